The van der Waals surface area contributed by atoms with Gasteiger partial charge in [0.15, 0.2) is 5.96 Å². The fourth-order valence-corrected chi connectivity index (χ4v) is 3.98. The molecule has 2 aliphatic heterocycles. The molecule has 3 rings (SSSR count). The van der Waals surface area contributed by atoms with Gasteiger partial charge in [-0.2, -0.15) is 0 Å². The number of ether oxygens (including phenoxy) is 1. The van der Waals surface area contributed by atoms with E-state index in [1.165, 1.54) is 7.11 Å². The summed E-state index contributed by atoms with van der Waals surface area (Å²) in [6, 6.07) is 1.79. The third-order valence-electron chi connectivity index (χ3n) is 5.72. The molecule has 2 atom stereocenters. The number of carbonyl (C=O) groups excluding carboxylic acids is 2. The highest BCUT2D eigenvalue weighted by Gasteiger charge is 2.36. The molecule has 2 aliphatic rings. The lowest BCUT2D eigenvalue weighted by molar-refractivity contribution is -0.146. The Hall–Kier alpha value is -2.91. The molecule has 1 aromatic rings. The number of likely N-dealkylation sites (tertiary alicyclic amines) is 1. The Morgan fingerprint density at radius 1 is 1.17 bits per heavy atom. The van der Waals surface area contributed by atoms with E-state index in [0.29, 0.717) is 44.5 Å². The lowest BCUT2D eigenvalue weighted by Gasteiger charge is -2.34. The van der Waals surface area contributed by atoms with Gasteiger partial charge in [0.1, 0.15) is 0 Å². The number of amides is 1. The average Bonchev–Trinajstić information content (AvgIpc) is 3.18. The summed E-state index contributed by atoms with van der Waals surface area (Å²) in [4.78, 5) is 43.4. The molecule has 0 bridgehead atoms. The van der Waals surface area contributed by atoms with E-state index in [9.17, 15) is 9.59 Å². The van der Waals surface area contributed by atoms with Crippen LogP contribution in [0.15, 0.2) is 23.5 Å². The minimum atomic E-state index is -0.185. The van der Waals surface area contributed by atoms with Crippen molar-refractivity contribution in [2.75, 3.05) is 64.9 Å². The first kappa shape index (κ1) is 21.8. The number of nitrogens with zero attached hydrogens (tertiary/aromatic N) is 6. The van der Waals surface area contributed by atoms with E-state index >= 15 is 0 Å². The number of methoxy groups -OCH3 is 1. The Morgan fingerprint density at radius 3 is 2.50 bits per heavy atom. The number of esters is 1. The van der Waals surface area contributed by atoms with Crippen LogP contribution in [0.5, 0.6) is 0 Å². The highest BCUT2D eigenvalue weighted by atomic mass is 16.5. The molecule has 30 heavy (non-hydrogen) atoms. The van der Waals surface area contributed by atoms with Crippen molar-refractivity contribution in [3.8, 4) is 0 Å². The monoisotopic (exact) mass is 417 g/mol. The van der Waals surface area contributed by atoms with Crippen LogP contribution < -0.4 is 10.2 Å². The van der Waals surface area contributed by atoms with Gasteiger partial charge in [0.05, 0.1) is 13.0 Å². The topological polar surface area (TPSA) is 103 Å². The molecular formula is C20H31N7O3. The number of aromatic nitrogens is 2. The normalized spacial score (nSPS) is 22.2. The van der Waals surface area contributed by atoms with E-state index in [1.54, 1.807) is 25.5 Å². The summed E-state index contributed by atoms with van der Waals surface area (Å²) < 4.78 is 4.89. The molecule has 3 heterocycles. The van der Waals surface area contributed by atoms with Crippen molar-refractivity contribution in [3.63, 3.8) is 0 Å². The first-order valence-electron chi connectivity index (χ1n) is 10.4. The quantitative estimate of drug-likeness (QED) is 0.400. The minimum absolute atomic E-state index is 0.119. The fourth-order valence-electron chi connectivity index (χ4n) is 3.98. The van der Waals surface area contributed by atoms with Crippen LogP contribution in [0.2, 0.25) is 0 Å². The van der Waals surface area contributed by atoms with Crippen molar-refractivity contribution in [2.45, 2.75) is 13.3 Å². The van der Waals surface area contributed by atoms with E-state index in [1.807, 2.05) is 11.8 Å². The van der Waals surface area contributed by atoms with Gasteiger partial charge in [-0.1, -0.05) is 6.92 Å². The van der Waals surface area contributed by atoms with Crippen LogP contribution in [0.4, 0.5) is 5.95 Å². The van der Waals surface area contributed by atoms with Crippen molar-refractivity contribution in [3.05, 3.63) is 18.5 Å². The van der Waals surface area contributed by atoms with Crippen LogP contribution in [0.1, 0.15) is 13.3 Å². The number of guanidine groups is 1. The largest absolute Gasteiger partial charge is 0.469 e. The van der Waals surface area contributed by atoms with Crippen LogP contribution in [-0.2, 0) is 14.3 Å². The Balaban J connectivity index is 1.41. The molecule has 2 unspecified atom stereocenters. The van der Waals surface area contributed by atoms with Gasteiger partial charge in [-0.05, 0) is 12.0 Å². The molecule has 2 fully saturated rings. The maximum absolute atomic E-state index is 12.6. The van der Waals surface area contributed by atoms with Crippen molar-refractivity contribution in [1.29, 1.82) is 0 Å². The summed E-state index contributed by atoms with van der Waals surface area (Å²) in [5, 5.41) is 3.26. The van der Waals surface area contributed by atoms with E-state index in [2.05, 4.69) is 30.1 Å². The maximum atomic E-state index is 12.6. The number of nitrogens with one attached hydrogen (secondary N) is 1. The number of hydrogen-bond donors (Lipinski definition) is 1. The van der Waals surface area contributed by atoms with Crippen molar-refractivity contribution in [1.82, 2.24) is 25.1 Å². The van der Waals surface area contributed by atoms with Crippen LogP contribution in [0.25, 0.3) is 0 Å². The second kappa shape index (κ2) is 10.2. The molecule has 0 spiro atoms. The summed E-state index contributed by atoms with van der Waals surface area (Å²) in [5.41, 5.74) is 0. The van der Waals surface area contributed by atoms with Crippen molar-refractivity contribution >= 4 is 23.8 Å². The lowest BCUT2D eigenvalue weighted by atomic mass is 9.99. The fraction of sp³-hybridized carbons (Fsp3) is 0.650. The first-order valence-corrected chi connectivity index (χ1v) is 10.4. The predicted molar refractivity (Wildman–Crippen MR) is 113 cm³/mol. The predicted octanol–water partition coefficient (Wildman–Crippen LogP) is -0.168. The molecule has 1 N–H and O–H groups in total. The van der Waals surface area contributed by atoms with Crippen LogP contribution in [0.3, 0.4) is 0 Å². The second-order valence-electron chi connectivity index (χ2n) is 7.65. The highest BCUT2D eigenvalue weighted by molar-refractivity contribution is 5.83. The molecule has 0 radical (unpaired) electrons. The Bertz CT molecular complexity index is 750. The van der Waals surface area contributed by atoms with E-state index < -0.39 is 0 Å². The van der Waals surface area contributed by atoms with Crippen molar-refractivity contribution in [2.24, 2.45) is 16.8 Å². The zero-order valence-electron chi connectivity index (χ0n) is 18.0. The first-order chi connectivity index (χ1) is 14.5. The zero-order valence-corrected chi connectivity index (χ0v) is 18.0. The van der Waals surface area contributed by atoms with Crippen LogP contribution in [-0.4, -0.2) is 97.6 Å². The summed E-state index contributed by atoms with van der Waals surface area (Å²) in [6.07, 6.45) is 3.85. The van der Waals surface area contributed by atoms with Gasteiger partial charge >= 0.3 is 5.97 Å². The van der Waals surface area contributed by atoms with E-state index in [4.69, 9.17) is 4.74 Å². The summed E-state index contributed by atoms with van der Waals surface area (Å²) >= 11 is 0. The highest BCUT2D eigenvalue weighted by Crippen LogP contribution is 2.24. The number of aliphatic imine (C=N–C) groups is 1. The molecule has 0 aliphatic carbocycles. The number of piperazine rings is 1. The molecule has 10 heteroatoms. The van der Waals surface area contributed by atoms with Gasteiger partial charge in [0.25, 0.3) is 0 Å². The molecule has 2 saturated heterocycles. The standard InChI is InChI=1S/C20H31N7O3/c1-15-13-27(14-16(15)18(29)30-3)19(21-2)24-8-5-17(28)25-9-11-26(12-10-25)20-22-6-4-7-23-20/h4,6-7,15-16H,5,8-14H2,1-3H3,(H,21,24). The number of carbonyl (C=O) groups is 2. The Morgan fingerprint density at radius 2 is 1.87 bits per heavy atom. The van der Waals surface area contributed by atoms with Gasteiger partial charge in [-0.15, -0.1) is 0 Å². The third-order valence-corrected chi connectivity index (χ3v) is 5.72. The molecule has 164 valence electrons. The lowest BCUT2D eigenvalue weighted by Crippen LogP contribution is -2.50. The average molecular weight is 418 g/mol. The van der Waals surface area contributed by atoms with Crippen LogP contribution in [0, 0.1) is 11.8 Å². The van der Waals surface area contributed by atoms with Gasteiger partial charge in [-0.25, -0.2) is 9.97 Å². The molecule has 0 saturated carbocycles. The third kappa shape index (κ3) is 5.17. The number of rotatable bonds is 5. The summed E-state index contributed by atoms with van der Waals surface area (Å²) in [6.45, 7) is 6.63. The molecule has 1 amide bonds. The number of anilines is 1. The SMILES string of the molecule is CN=C(NCCC(=O)N1CCN(c2ncccn2)CC1)N1CC(C)C(C(=O)OC)C1. The Labute approximate surface area is 177 Å². The van der Waals surface area contributed by atoms with Gasteiger partial charge in [-0.3, -0.25) is 14.6 Å². The minimum Gasteiger partial charge on any atom is -0.469 e. The van der Waals surface area contributed by atoms with E-state index in [0.717, 1.165) is 19.6 Å². The zero-order chi connectivity index (χ0) is 21.5. The van der Waals surface area contributed by atoms with Crippen LogP contribution >= 0.6 is 0 Å². The van der Waals surface area contributed by atoms with Gasteiger partial charge in [0, 0.05) is 71.7 Å². The maximum Gasteiger partial charge on any atom is 0.310 e. The summed E-state index contributed by atoms with van der Waals surface area (Å²) in [7, 11) is 3.13. The number of hydrogen-bond acceptors (Lipinski definition) is 7. The molecule has 10 nitrogen and oxygen atoms in total. The van der Waals surface area contributed by atoms with E-state index in [-0.39, 0.29) is 23.7 Å². The molecular weight excluding hydrogens is 386 g/mol. The summed E-state index contributed by atoms with van der Waals surface area (Å²) in [5.74, 6) is 1.40. The van der Waals surface area contributed by atoms with Crippen molar-refractivity contribution < 1.29 is 14.3 Å². The second-order valence-corrected chi connectivity index (χ2v) is 7.65. The smallest absolute Gasteiger partial charge is 0.310 e. The molecule has 1 aromatic heterocycles. The molecule has 0 aromatic carbocycles. The Kier molecular flexibility index (Phi) is 7.42. The van der Waals surface area contributed by atoms with Gasteiger partial charge < -0.3 is 24.8 Å². The van der Waals surface area contributed by atoms with Gasteiger partial charge in [0.2, 0.25) is 11.9 Å².